The molecule has 0 spiro atoms. The molecule has 5 N–H and O–H groups in total. The third kappa shape index (κ3) is 45.3. The Bertz CT molecular complexity index is 953. The maximum Gasteiger partial charge on any atom is 0.472 e. The highest BCUT2D eigenvalue weighted by molar-refractivity contribution is 7.47. The number of aliphatic hydroxyl groups excluding tert-OH is 1. The summed E-state index contributed by atoms with van der Waals surface area (Å²) in [6, 6.07) is -0.854. The Kier molecular flexibility index (Phi) is 47.1. The summed E-state index contributed by atoms with van der Waals surface area (Å²) in [5.41, 5.74) is 5.37. The molecule has 8 nitrogen and oxygen atoms in total. The maximum atomic E-state index is 12.8. The quantitative estimate of drug-likeness (QED) is 0.0272. The Labute approximate surface area is 373 Å². The largest absolute Gasteiger partial charge is 0.472 e. The number of allylic oxidation sites excluding steroid dienone is 1. The molecule has 60 heavy (non-hydrogen) atoms. The lowest BCUT2D eigenvalue weighted by molar-refractivity contribution is -0.123. The van der Waals surface area contributed by atoms with E-state index in [0.29, 0.717) is 6.42 Å². The van der Waals surface area contributed by atoms with Gasteiger partial charge in [-0.25, -0.2) is 4.57 Å². The van der Waals surface area contributed by atoms with E-state index in [1.807, 2.05) is 6.08 Å². The number of unbranched alkanes of at least 4 members (excludes halogenated alkanes) is 38. The zero-order valence-corrected chi connectivity index (χ0v) is 40.9. The number of aliphatic hydroxyl groups is 1. The first-order valence-electron chi connectivity index (χ1n) is 26.3. The monoisotopic (exact) mass is 871 g/mol. The summed E-state index contributed by atoms with van der Waals surface area (Å²) in [5, 5.41) is 13.6. The first kappa shape index (κ1) is 59.2. The van der Waals surface area contributed by atoms with Crippen molar-refractivity contribution in [3.05, 3.63) is 12.2 Å². The predicted molar refractivity (Wildman–Crippen MR) is 259 cm³/mol. The predicted octanol–water partition coefficient (Wildman–Crippen LogP) is 15.5. The van der Waals surface area contributed by atoms with Crippen LogP contribution in [-0.4, -0.2) is 47.8 Å². The molecule has 0 aromatic carbocycles. The highest BCUT2D eigenvalue weighted by Gasteiger charge is 2.26. The van der Waals surface area contributed by atoms with Crippen molar-refractivity contribution >= 4 is 13.7 Å². The van der Waals surface area contributed by atoms with Crippen LogP contribution < -0.4 is 11.1 Å². The third-order valence-corrected chi connectivity index (χ3v) is 13.1. The lowest BCUT2D eigenvalue weighted by atomic mass is 10.0. The number of nitrogens with two attached hydrogens (primary N) is 1. The normalized spacial score (nSPS) is 13.9. The molecule has 3 atom stereocenters. The minimum absolute atomic E-state index is 0.0811. The molecule has 0 rings (SSSR count). The number of carbonyl (C=O) groups excluding carboxylic acids is 1. The topological polar surface area (TPSA) is 131 Å². The fourth-order valence-corrected chi connectivity index (χ4v) is 8.90. The van der Waals surface area contributed by atoms with Gasteiger partial charge in [-0.05, 0) is 19.3 Å². The summed E-state index contributed by atoms with van der Waals surface area (Å²) in [4.78, 5) is 22.7. The van der Waals surface area contributed by atoms with E-state index in [2.05, 4.69) is 19.2 Å². The van der Waals surface area contributed by atoms with Crippen molar-refractivity contribution in [3.63, 3.8) is 0 Å². The Morgan fingerprint density at radius 2 is 0.850 bits per heavy atom. The molecule has 0 aromatic rings. The van der Waals surface area contributed by atoms with Crippen LogP contribution in [0.4, 0.5) is 0 Å². The standard InChI is InChI=1S/C51H103N2O6P/c1-3-5-7-9-11-13-14-15-16-17-18-19-20-21-22-23-24-25-26-27-28-29-30-31-32-33-34-35-37-39-41-43-45-51(55)53-49(48-59-60(56,57)58-47-46-52)50(54)44-42-40-38-36-12-10-8-6-4-2/h42,44,49-50,54H,3-41,43,45-48,52H2,1-2H3,(H,53,55)(H,56,57)/b44-42+/t49-,50+/m0/s1. The van der Waals surface area contributed by atoms with Crippen LogP contribution in [0.3, 0.4) is 0 Å². The Hall–Kier alpha value is -0.760. The highest BCUT2D eigenvalue weighted by Crippen LogP contribution is 2.43. The maximum absolute atomic E-state index is 12.8. The van der Waals surface area contributed by atoms with Crippen LogP contribution in [0, 0.1) is 0 Å². The Balaban J connectivity index is 3.75. The number of hydrogen-bond acceptors (Lipinski definition) is 6. The van der Waals surface area contributed by atoms with Gasteiger partial charge in [0.1, 0.15) is 0 Å². The molecule has 0 aromatic heterocycles. The molecule has 1 amide bonds. The molecule has 0 radical (unpaired) electrons. The van der Waals surface area contributed by atoms with E-state index >= 15 is 0 Å². The van der Waals surface area contributed by atoms with Crippen LogP contribution in [-0.2, 0) is 18.4 Å². The molecule has 358 valence electrons. The van der Waals surface area contributed by atoms with Crippen molar-refractivity contribution < 1.29 is 28.4 Å². The van der Waals surface area contributed by atoms with Crippen LogP contribution in [0.5, 0.6) is 0 Å². The number of hydrogen-bond donors (Lipinski definition) is 4. The van der Waals surface area contributed by atoms with E-state index in [1.54, 1.807) is 6.08 Å². The van der Waals surface area contributed by atoms with Gasteiger partial charge < -0.3 is 21.1 Å². The molecule has 0 heterocycles. The zero-order valence-electron chi connectivity index (χ0n) is 40.0. The SMILES string of the molecule is CCCCCCCCC/C=C/[C@@H](O)[C@H](COP(=O)(O)OCCN)NC(=O)CCCCCCCCCCCCCCCCCCCCCCCCCCCCCCCCCC. The molecule has 0 saturated heterocycles. The lowest BCUT2D eigenvalue weighted by Gasteiger charge is -2.23. The van der Waals surface area contributed by atoms with Crippen molar-refractivity contribution in [2.45, 2.75) is 289 Å². The van der Waals surface area contributed by atoms with Gasteiger partial charge in [-0.2, -0.15) is 0 Å². The summed E-state index contributed by atoms with van der Waals surface area (Å²) < 4.78 is 22.1. The third-order valence-electron chi connectivity index (χ3n) is 12.1. The second kappa shape index (κ2) is 47.7. The number of phosphoric ester groups is 1. The van der Waals surface area contributed by atoms with Crippen LogP contribution in [0.15, 0.2) is 12.2 Å². The van der Waals surface area contributed by atoms with E-state index in [4.69, 9.17) is 14.8 Å². The average molecular weight is 871 g/mol. The van der Waals surface area contributed by atoms with Crippen LogP contribution in [0.25, 0.3) is 0 Å². The van der Waals surface area contributed by atoms with E-state index < -0.39 is 20.0 Å². The van der Waals surface area contributed by atoms with Crippen LogP contribution in [0.2, 0.25) is 0 Å². The molecule has 0 aliphatic heterocycles. The fraction of sp³-hybridized carbons (Fsp3) is 0.941. The zero-order chi connectivity index (χ0) is 43.9. The second-order valence-electron chi connectivity index (χ2n) is 18.1. The number of rotatable bonds is 50. The first-order valence-corrected chi connectivity index (χ1v) is 27.8. The van der Waals surface area contributed by atoms with Crippen molar-refractivity contribution in [1.29, 1.82) is 0 Å². The van der Waals surface area contributed by atoms with Gasteiger partial charge in [0.25, 0.3) is 0 Å². The summed E-state index contributed by atoms with van der Waals surface area (Å²) in [5.74, 6) is -0.190. The Morgan fingerprint density at radius 1 is 0.533 bits per heavy atom. The summed E-state index contributed by atoms with van der Waals surface area (Å²) >= 11 is 0. The Morgan fingerprint density at radius 3 is 1.18 bits per heavy atom. The van der Waals surface area contributed by atoms with Gasteiger partial charge in [-0.15, -0.1) is 0 Å². The minimum atomic E-state index is -4.33. The van der Waals surface area contributed by atoms with Gasteiger partial charge in [0.05, 0.1) is 25.4 Å². The van der Waals surface area contributed by atoms with Crippen molar-refractivity contribution in [2.75, 3.05) is 19.8 Å². The molecule has 1 unspecified atom stereocenters. The lowest BCUT2D eigenvalue weighted by Crippen LogP contribution is -2.45. The fourth-order valence-electron chi connectivity index (χ4n) is 8.14. The highest BCUT2D eigenvalue weighted by atomic mass is 31.2. The van der Waals surface area contributed by atoms with E-state index in [1.165, 1.54) is 218 Å². The number of amides is 1. The molecular formula is C51H103N2O6P. The smallest absolute Gasteiger partial charge is 0.387 e. The second-order valence-corrected chi connectivity index (χ2v) is 19.6. The number of nitrogens with one attached hydrogen (secondary N) is 1. The van der Waals surface area contributed by atoms with Crippen LogP contribution >= 0.6 is 7.82 Å². The number of phosphoric acid groups is 1. The van der Waals surface area contributed by atoms with E-state index in [9.17, 15) is 19.4 Å². The molecule has 0 bridgehead atoms. The molecule has 0 aliphatic rings. The molecule has 9 heteroatoms. The summed E-state index contributed by atoms with van der Waals surface area (Å²) in [6.07, 6.45) is 56.1. The summed E-state index contributed by atoms with van der Waals surface area (Å²) in [6.45, 7) is 4.14. The van der Waals surface area contributed by atoms with Gasteiger partial charge >= 0.3 is 7.82 Å². The van der Waals surface area contributed by atoms with Crippen molar-refractivity contribution in [1.82, 2.24) is 5.32 Å². The van der Waals surface area contributed by atoms with E-state index in [0.717, 1.165) is 38.5 Å². The van der Waals surface area contributed by atoms with Crippen LogP contribution in [0.1, 0.15) is 277 Å². The molecule has 0 fully saturated rings. The van der Waals surface area contributed by atoms with Crippen molar-refractivity contribution in [2.24, 2.45) is 5.73 Å². The van der Waals surface area contributed by atoms with Gasteiger partial charge in [-0.1, -0.05) is 264 Å². The minimum Gasteiger partial charge on any atom is -0.387 e. The van der Waals surface area contributed by atoms with Gasteiger partial charge in [0, 0.05) is 13.0 Å². The summed E-state index contributed by atoms with van der Waals surface area (Å²) in [7, 11) is -4.33. The van der Waals surface area contributed by atoms with E-state index in [-0.39, 0.29) is 25.7 Å². The molecule has 0 saturated carbocycles. The average Bonchev–Trinajstić information content (AvgIpc) is 3.24. The number of carbonyl (C=O) groups is 1. The molecular weight excluding hydrogens is 768 g/mol. The van der Waals surface area contributed by atoms with Gasteiger partial charge in [0.15, 0.2) is 0 Å². The van der Waals surface area contributed by atoms with Gasteiger partial charge in [-0.3, -0.25) is 13.8 Å². The first-order chi connectivity index (χ1) is 29.4. The molecule has 0 aliphatic carbocycles. The van der Waals surface area contributed by atoms with Crippen molar-refractivity contribution in [3.8, 4) is 0 Å². The van der Waals surface area contributed by atoms with Gasteiger partial charge in [0.2, 0.25) is 5.91 Å².